The molecule has 5 nitrogen and oxygen atoms in total. The SMILES string of the molecule is C=C(OC)c1cc(C)n2ncc(C(C)=O)c2n1. The van der Waals surface area contributed by atoms with Crippen LogP contribution in [-0.4, -0.2) is 27.5 Å². The molecule has 0 saturated heterocycles. The minimum absolute atomic E-state index is 0.0629. The van der Waals surface area contributed by atoms with Crippen LogP contribution in [0, 0.1) is 6.92 Å². The van der Waals surface area contributed by atoms with Crippen LogP contribution in [0.4, 0.5) is 0 Å². The number of aryl methyl sites for hydroxylation is 1. The van der Waals surface area contributed by atoms with E-state index < -0.39 is 0 Å². The number of ketones is 1. The molecular formula is C12H13N3O2. The van der Waals surface area contributed by atoms with Gasteiger partial charge >= 0.3 is 0 Å². The van der Waals surface area contributed by atoms with Crippen molar-refractivity contribution in [3.05, 3.63) is 35.8 Å². The van der Waals surface area contributed by atoms with Gasteiger partial charge in [-0.3, -0.25) is 4.79 Å². The molecule has 0 radical (unpaired) electrons. The van der Waals surface area contributed by atoms with E-state index >= 15 is 0 Å². The molecule has 2 heterocycles. The second-order valence-electron chi connectivity index (χ2n) is 3.76. The van der Waals surface area contributed by atoms with Gasteiger partial charge < -0.3 is 4.74 Å². The summed E-state index contributed by atoms with van der Waals surface area (Å²) in [5.41, 5.74) is 2.51. The van der Waals surface area contributed by atoms with E-state index in [9.17, 15) is 4.79 Å². The summed E-state index contributed by atoms with van der Waals surface area (Å²) in [6, 6.07) is 1.82. The van der Waals surface area contributed by atoms with E-state index in [4.69, 9.17) is 4.74 Å². The smallest absolute Gasteiger partial charge is 0.166 e. The molecule has 0 N–H and O–H groups in total. The minimum Gasteiger partial charge on any atom is -0.495 e. The third-order valence-electron chi connectivity index (χ3n) is 2.56. The molecule has 0 amide bonds. The molecule has 0 aliphatic rings. The number of nitrogens with zero attached hydrogens (tertiary/aromatic N) is 3. The first-order chi connectivity index (χ1) is 8.04. The molecule has 0 fully saturated rings. The van der Waals surface area contributed by atoms with Crippen molar-refractivity contribution in [1.82, 2.24) is 14.6 Å². The highest BCUT2D eigenvalue weighted by molar-refractivity contribution is 5.99. The zero-order valence-corrected chi connectivity index (χ0v) is 10.0. The summed E-state index contributed by atoms with van der Waals surface area (Å²) in [6.45, 7) is 7.13. The van der Waals surface area contributed by atoms with Gasteiger partial charge in [-0.2, -0.15) is 5.10 Å². The molecule has 0 bridgehead atoms. The Kier molecular flexibility index (Phi) is 2.67. The molecule has 0 saturated carbocycles. The summed E-state index contributed by atoms with van der Waals surface area (Å²) in [5.74, 6) is 0.401. The van der Waals surface area contributed by atoms with Gasteiger partial charge in [0.15, 0.2) is 11.4 Å². The number of hydrogen-bond donors (Lipinski definition) is 0. The van der Waals surface area contributed by atoms with Gasteiger partial charge in [0, 0.05) is 5.69 Å². The van der Waals surface area contributed by atoms with E-state index in [1.807, 2.05) is 13.0 Å². The highest BCUT2D eigenvalue weighted by Crippen LogP contribution is 2.17. The van der Waals surface area contributed by atoms with Crippen molar-refractivity contribution < 1.29 is 9.53 Å². The van der Waals surface area contributed by atoms with Crippen molar-refractivity contribution in [3.63, 3.8) is 0 Å². The number of carbonyl (C=O) groups is 1. The zero-order chi connectivity index (χ0) is 12.6. The Morgan fingerprint density at radius 2 is 2.24 bits per heavy atom. The number of hydrogen-bond acceptors (Lipinski definition) is 4. The Bertz CT molecular complexity index is 613. The van der Waals surface area contributed by atoms with Gasteiger partial charge in [-0.1, -0.05) is 6.58 Å². The molecule has 2 aromatic heterocycles. The molecule has 0 atom stereocenters. The largest absolute Gasteiger partial charge is 0.495 e. The van der Waals surface area contributed by atoms with Crippen LogP contribution in [0.5, 0.6) is 0 Å². The maximum atomic E-state index is 11.4. The predicted molar refractivity (Wildman–Crippen MR) is 63.8 cm³/mol. The standard InChI is InChI=1S/C12H13N3O2/c1-7-5-11(9(3)17-4)14-12-10(8(2)16)6-13-15(7)12/h5-6H,3H2,1-2,4H3. The molecule has 5 heteroatoms. The number of aromatic nitrogens is 3. The number of Topliss-reactive ketones (excluding diaryl/α,β-unsaturated/α-hetero) is 1. The zero-order valence-electron chi connectivity index (χ0n) is 10.0. The molecule has 0 aliphatic heterocycles. The van der Waals surface area contributed by atoms with E-state index in [1.165, 1.54) is 20.2 Å². The van der Waals surface area contributed by atoms with Crippen LogP contribution in [0.25, 0.3) is 11.4 Å². The van der Waals surface area contributed by atoms with E-state index in [2.05, 4.69) is 16.7 Å². The molecule has 0 aromatic carbocycles. The van der Waals surface area contributed by atoms with Gasteiger partial charge in [0.2, 0.25) is 0 Å². The van der Waals surface area contributed by atoms with Gasteiger partial charge in [-0.15, -0.1) is 0 Å². The van der Waals surface area contributed by atoms with Gasteiger partial charge in [-0.05, 0) is 19.9 Å². The van der Waals surface area contributed by atoms with Crippen LogP contribution < -0.4 is 0 Å². The lowest BCUT2D eigenvalue weighted by Crippen LogP contribution is -2.02. The quantitative estimate of drug-likeness (QED) is 0.597. The van der Waals surface area contributed by atoms with E-state index in [0.29, 0.717) is 22.7 Å². The van der Waals surface area contributed by atoms with Crippen LogP contribution in [0.1, 0.15) is 28.7 Å². The highest BCUT2D eigenvalue weighted by Gasteiger charge is 2.13. The van der Waals surface area contributed by atoms with Gasteiger partial charge in [0.05, 0.1) is 18.9 Å². The number of carbonyl (C=O) groups excluding carboxylic acids is 1. The van der Waals surface area contributed by atoms with Crippen molar-refractivity contribution in [1.29, 1.82) is 0 Å². The molecule has 17 heavy (non-hydrogen) atoms. The summed E-state index contributed by atoms with van der Waals surface area (Å²) in [6.07, 6.45) is 1.52. The normalized spacial score (nSPS) is 10.5. The summed E-state index contributed by atoms with van der Waals surface area (Å²) < 4.78 is 6.67. The molecular weight excluding hydrogens is 218 g/mol. The first kappa shape index (κ1) is 11.3. The summed E-state index contributed by atoms with van der Waals surface area (Å²) >= 11 is 0. The van der Waals surface area contributed by atoms with E-state index in [-0.39, 0.29) is 5.78 Å². The van der Waals surface area contributed by atoms with Crippen molar-refractivity contribution >= 4 is 17.2 Å². The van der Waals surface area contributed by atoms with Crippen LogP contribution in [0.15, 0.2) is 18.8 Å². The number of methoxy groups -OCH3 is 1. The third-order valence-corrected chi connectivity index (χ3v) is 2.56. The van der Waals surface area contributed by atoms with Gasteiger partial charge in [-0.25, -0.2) is 9.50 Å². The average molecular weight is 231 g/mol. The first-order valence-electron chi connectivity index (χ1n) is 5.14. The Morgan fingerprint density at radius 1 is 1.53 bits per heavy atom. The average Bonchev–Trinajstić information content (AvgIpc) is 2.72. The summed E-state index contributed by atoms with van der Waals surface area (Å²) in [4.78, 5) is 15.8. The molecule has 2 aromatic rings. The molecule has 88 valence electrons. The summed E-state index contributed by atoms with van der Waals surface area (Å²) in [5, 5.41) is 4.13. The van der Waals surface area contributed by atoms with Crippen LogP contribution in [0.2, 0.25) is 0 Å². The fraction of sp³-hybridized carbons (Fsp3) is 0.250. The number of ether oxygens (including phenoxy) is 1. The van der Waals surface area contributed by atoms with Crippen molar-refractivity contribution in [2.24, 2.45) is 0 Å². The topological polar surface area (TPSA) is 56.5 Å². The molecule has 2 rings (SSSR count). The third kappa shape index (κ3) is 1.80. The van der Waals surface area contributed by atoms with E-state index in [0.717, 1.165) is 5.69 Å². The second-order valence-corrected chi connectivity index (χ2v) is 3.76. The van der Waals surface area contributed by atoms with Crippen LogP contribution in [-0.2, 0) is 4.74 Å². The van der Waals surface area contributed by atoms with E-state index in [1.54, 1.807) is 4.52 Å². The molecule has 0 aliphatic carbocycles. The van der Waals surface area contributed by atoms with Crippen molar-refractivity contribution in [2.75, 3.05) is 7.11 Å². The minimum atomic E-state index is -0.0629. The maximum absolute atomic E-state index is 11.4. The van der Waals surface area contributed by atoms with Gasteiger partial charge in [0.1, 0.15) is 11.5 Å². The highest BCUT2D eigenvalue weighted by atomic mass is 16.5. The second kappa shape index (κ2) is 4.01. The molecule has 0 spiro atoms. The Morgan fingerprint density at radius 3 is 2.82 bits per heavy atom. The Hall–Kier alpha value is -2.17. The predicted octanol–water partition coefficient (Wildman–Crippen LogP) is 1.86. The number of rotatable bonds is 3. The Labute approximate surface area is 98.7 Å². The summed E-state index contributed by atoms with van der Waals surface area (Å²) in [7, 11) is 1.53. The lowest BCUT2D eigenvalue weighted by atomic mass is 10.2. The van der Waals surface area contributed by atoms with Crippen LogP contribution >= 0.6 is 0 Å². The maximum Gasteiger partial charge on any atom is 0.166 e. The molecule has 0 unspecified atom stereocenters. The van der Waals surface area contributed by atoms with Crippen molar-refractivity contribution in [3.8, 4) is 0 Å². The van der Waals surface area contributed by atoms with Gasteiger partial charge in [0.25, 0.3) is 0 Å². The fourth-order valence-corrected chi connectivity index (χ4v) is 1.61. The number of fused-ring (bicyclic) bond motifs is 1. The first-order valence-corrected chi connectivity index (χ1v) is 5.14. The lowest BCUT2D eigenvalue weighted by Gasteiger charge is -2.06. The van der Waals surface area contributed by atoms with Crippen molar-refractivity contribution in [2.45, 2.75) is 13.8 Å². The van der Waals surface area contributed by atoms with Crippen LogP contribution in [0.3, 0.4) is 0 Å². The lowest BCUT2D eigenvalue weighted by molar-refractivity contribution is 0.101. The monoisotopic (exact) mass is 231 g/mol. The Balaban J connectivity index is 2.73. The fourth-order valence-electron chi connectivity index (χ4n) is 1.61.